The molecule has 1 aromatic carbocycles. The highest BCUT2D eigenvalue weighted by Gasteiger charge is 2.21. The quantitative estimate of drug-likeness (QED) is 0.915. The average Bonchev–Trinajstić information content (AvgIpc) is 2.84. The number of hydrogen-bond acceptors (Lipinski definition) is 3. The number of urea groups is 1. The molecule has 0 aliphatic carbocycles. The lowest BCUT2D eigenvalue weighted by molar-refractivity contribution is 0.0827. The third-order valence-corrected chi connectivity index (χ3v) is 4.26. The Morgan fingerprint density at radius 3 is 2.64 bits per heavy atom. The van der Waals surface area contributed by atoms with Crippen LogP contribution < -0.4 is 10.2 Å². The van der Waals surface area contributed by atoms with Crippen LogP contribution in [-0.4, -0.2) is 42.5 Å². The van der Waals surface area contributed by atoms with E-state index < -0.39 is 0 Å². The van der Waals surface area contributed by atoms with Gasteiger partial charge in [-0.3, -0.25) is 15.0 Å². The van der Waals surface area contributed by atoms with Crippen molar-refractivity contribution < 1.29 is 9.59 Å². The van der Waals surface area contributed by atoms with Crippen molar-refractivity contribution >= 4 is 23.4 Å². The first-order valence-electron chi connectivity index (χ1n) is 8.40. The van der Waals surface area contributed by atoms with Crippen molar-refractivity contribution in [2.24, 2.45) is 0 Å². The monoisotopic (exact) mass is 338 g/mol. The number of fused-ring (bicyclic) bond motifs is 1. The summed E-state index contributed by atoms with van der Waals surface area (Å²) in [5, 5.41) is 2.83. The van der Waals surface area contributed by atoms with Crippen molar-refractivity contribution in [3.63, 3.8) is 0 Å². The fraction of sp³-hybridized carbons (Fsp3) is 0.316. The molecule has 1 aromatic heterocycles. The second-order valence-corrected chi connectivity index (χ2v) is 6.30. The Morgan fingerprint density at radius 1 is 1.12 bits per heavy atom. The van der Waals surface area contributed by atoms with Crippen LogP contribution in [0.5, 0.6) is 0 Å². The van der Waals surface area contributed by atoms with Gasteiger partial charge in [-0.1, -0.05) is 18.2 Å². The molecule has 2 heterocycles. The number of aromatic nitrogens is 1. The maximum absolute atomic E-state index is 12.7. The van der Waals surface area contributed by atoms with Crippen molar-refractivity contribution in [1.29, 1.82) is 0 Å². The van der Waals surface area contributed by atoms with Crippen LogP contribution in [0.1, 0.15) is 28.8 Å². The Morgan fingerprint density at radius 2 is 1.92 bits per heavy atom. The van der Waals surface area contributed by atoms with Crippen LogP contribution in [0.4, 0.5) is 16.3 Å². The van der Waals surface area contributed by atoms with Crippen LogP contribution in [-0.2, 0) is 6.42 Å². The molecular formula is C19H22N4O2. The second-order valence-electron chi connectivity index (χ2n) is 6.30. The summed E-state index contributed by atoms with van der Waals surface area (Å²) in [5.74, 6) is 0.314. The van der Waals surface area contributed by atoms with E-state index in [-0.39, 0.29) is 11.9 Å². The Labute approximate surface area is 147 Å². The fourth-order valence-electron chi connectivity index (χ4n) is 2.93. The lowest BCUT2D eigenvalue weighted by atomic mass is 10.1. The smallest absolute Gasteiger partial charge is 0.327 e. The van der Waals surface area contributed by atoms with E-state index in [1.807, 2.05) is 18.2 Å². The second kappa shape index (κ2) is 7.34. The van der Waals surface area contributed by atoms with Crippen molar-refractivity contribution in [1.82, 2.24) is 9.88 Å². The molecule has 130 valence electrons. The van der Waals surface area contributed by atoms with E-state index in [1.165, 1.54) is 16.7 Å². The zero-order valence-corrected chi connectivity index (χ0v) is 14.5. The summed E-state index contributed by atoms with van der Waals surface area (Å²) in [6.07, 6.45) is 4.50. The first-order valence-corrected chi connectivity index (χ1v) is 8.40. The Bertz CT molecular complexity index is 771. The molecule has 1 N–H and O–H groups in total. The van der Waals surface area contributed by atoms with Crippen molar-refractivity contribution in [2.75, 3.05) is 30.9 Å². The number of para-hydroxylation sites is 1. The number of nitrogens with zero attached hydrogens (tertiary/aromatic N) is 3. The van der Waals surface area contributed by atoms with Gasteiger partial charge in [-0.15, -0.1) is 0 Å². The van der Waals surface area contributed by atoms with E-state index in [0.717, 1.165) is 24.9 Å². The van der Waals surface area contributed by atoms with E-state index in [9.17, 15) is 9.59 Å². The molecule has 1 aliphatic heterocycles. The van der Waals surface area contributed by atoms with Gasteiger partial charge in [0.15, 0.2) is 0 Å². The van der Waals surface area contributed by atoms with Crippen LogP contribution >= 0.6 is 0 Å². The van der Waals surface area contributed by atoms with Gasteiger partial charge in [0.05, 0.1) is 5.56 Å². The molecule has 1 aliphatic rings. The summed E-state index contributed by atoms with van der Waals surface area (Å²) in [5.41, 5.74) is 2.63. The first kappa shape index (κ1) is 17.0. The third kappa shape index (κ3) is 3.79. The minimum atomic E-state index is -0.200. The van der Waals surface area contributed by atoms with Gasteiger partial charge < -0.3 is 4.90 Å². The van der Waals surface area contributed by atoms with Crippen LogP contribution in [0, 0.1) is 0 Å². The molecule has 0 atom stereocenters. The first-order chi connectivity index (χ1) is 12.1. The van der Waals surface area contributed by atoms with Crippen LogP contribution in [0.3, 0.4) is 0 Å². The highest BCUT2D eigenvalue weighted by atomic mass is 16.2. The normalized spacial score (nSPS) is 13.6. The third-order valence-electron chi connectivity index (χ3n) is 4.26. The molecule has 3 amide bonds. The van der Waals surface area contributed by atoms with E-state index in [2.05, 4.69) is 16.4 Å². The van der Waals surface area contributed by atoms with Crippen LogP contribution in [0.2, 0.25) is 0 Å². The Hall–Kier alpha value is -2.89. The maximum atomic E-state index is 12.7. The molecule has 3 rings (SSSR count). The highest BCUT2D eigenvalue weighted by molar-refractivity contribution is 6.02. The van der Waals surface area contributed by atoms with Crippen molar-refractivity contribution in [2.45, 2.75) is 19.3 Å². The molecule has 0 spiro atoms. The number of pyridine rings is 1. The number of carbonyl (C=O) groups is 2. The minimum Gasteiger partial charge on any atom is -0.345 e. The molecule has 0 saturated heterocycles. The lowest BCUT2D eigenvalue weighted by Crippen LogP contribution is -2.36. The molecule has 6 nitrogen and oxygen atoms in total. The van der Waals surface area contributed by atoms with Gasteiger partial charge in [0.1, 0.15) is 5.82 Å². The summed E-state index contributed by atoms with van der Waals surface area (Å²) >= 11 is 0. The van der Waals surface area contributed by atoms with Crippen molar-refractivity contribution in [3.05, 3.63) is 53.7 Å². The van der Waals surface area contributed by atoms with Crippen LogP contribution in [0.25, 0.3) is 0 Å². The molecule has 0 radical (unpaired) electrons. The van der Waals surface area contributed by atoms with Gasteiger partial charge in [-0.05, 0) is 43.0 Å². The summed E-state index contributed by atoms with van der Waals surface area (Å²) in [6, 6.07) is 11.1. The predicted octanol–water partition coefficient (Wildman–Crippen LogP) is 3.16. The van der Waals surface area contributed by atoms with E-state index in [4.69, 9.17) is 0 Å². The molecule has 0 saturated carbocycles. The molecule has 0 unspecified atom stereocenters. The van der Waals surface area contributed by atoms with Gasteiger partial charge in [-0.25, -0.2) is 9.78 Å². The standard InChI is InChI=1S/C19H22N4O2/c1-22(2)18(24)15-10-11-17(20-13-15)21-19(25)23-12-6-5-8-14-7-3-4-9-16(14)23/h3-4,7,9-11,13H,5-6,8,12H2,1-2H3,(H,20,21,25). The zero-order chi connectivity index (χ0) is 17.8. The molecule has 0 bridgehead atoms. The van der Waals surface area contributed by atoms with Gasteiger partial charge in [0.25, 0.3) is 5.91 Å². The predicted molar refractivity (Wildman–Crippen MR) is 98.0 cm³/mol. The SMILES string of the molecule is CN(C)C(=O)c1ccc(NC(=O)N2CCCCc3ccccc32)nc1. The largest absolute Gasteiger partial charge is 0.345 e. The van der Waals surface area contributed by atoms with Gasteiger partial charge >= 0.3 is 6.03 Å². The number of anilines is 2. The van der Waals surface area contributed by atoms with E-state index >= 15 is 0 Å². The topological polar surface area (TPSA) is 65.5 Å². The number of benzene rings is 1. The number of amides is 3. The van der Waals surface area contributed by atoms with Gasteiger partial charge in [0.2, 0.25) is 0 Å². The summed E-state index contributed by atoms with van der Waals surface area (Å²) in [6.45, 7) is 0.681. The minimum absolute atomic E-state index is 0.119. The summed E-state index contributed by atoms with van der Waals surface area (Å²) in [4.78, 5) is 32.0. The maximum Gasteiger partial charge on any atom is 0.327 e. The highest BCUT2D eigenvalue weighted by Crippen LogP contribution is 2.26. The molecule has 2 aromatic rings. The number of nitrogens with one attached hydrogen (secondary N) is 1. The number of carbonyl (C=O) groups excluding carboxylic acids is 2. The van der Waals surface area contributed by atoms with E-state index in [0.29, 0.717) is 17.9 Å². The lowest BCUT2D eigenvalue weighted by Gasteiger charge is -2.23. The van der Waals surface area contributed by atoms with E-state index in [1.54, 1.807) is 31.1 Å². The number of rotatable bonds is 2. The van der Waals surface area contributed by atoms with Gasteiger partial charge in [-0.2, -0.15) is 0 Å². The van der Waals surface area contributed by atoms with Crippen molar-refractivity contribution in [3.8, 4) is 0 Å². The fourth-order valence-corrected chi connectivity index (χ4v) is 2.93. The number of hydrogen-bond donors (Lipinski definition) is 1. The van der Waals surface area contributed by atoms with Crippen LogP contribution in [0.15, 0.2) is 42.6 Å². The number of aryl methyl sites for hydroxylation is 1. The molecule has 25 heavy (non-hydrogen) atoms. The Kier molecular flexibility index (Phi) is 4.97. The zero-order valence-electron chi connectivity index (χ0n) is 14.5. The molecular weight excluding hydrogens is 316 g/mol. The average molecular weight is 338 g/mol. The van der Waals surface area contributed by atoms with Gasteiger partial charge in [0, 0.05) is 32.5 Å². The molecule has 6 heteroatoms. The summed E-state index contributed by atoms with van der Waals surface area (Å²) in [7, 11) is 3.38. The molecule has 0 fully saturated rings. The Balaban J connectivity index is 1.75. The summed E-state index contributed by atoms with van der Waals surface area (Å²) < 4.78 is 0.